The van der Waals surface area contributed by atoms with Gasteiger partial charge >= 0.3 is 0 Å². The summed E-state index contributed by atoms with van der Waals surface area (Å²) in [6.45, 7) is 0.783. The van der Waals surface area contributed by atoms with Crippen LogP contribution >= 0.6 is 15.9 Å². The Kier molecular flexibility index (Phi) is 6.12. The predicted molar refractivity (Wildman–Crippen MR) is 92.9 cm³/mol. The SMILES string of the molecule is O=C(c1cc(Br)ccn1)N(Cc1ccc(F)cc1)OC1CCCCO1. The third kappa shape index (κ3) is 5.07. The molecule has 0 radical (unpaired) electrons. The van der Waals surface area contributed by atoms with E-state index in [-0.39, 0.29) is 24.0 Å². The van der Waals surface area contributed by atoms with Crippen LogP contribution in [0.5, 0.6) is 0 Å². The number of hydrogen-bond donors (Lipinski definition) is 0. The quantitative estimate of drug-likeness (QED) is 0.699. The number of pyridine rings is 1. The van der Waals surface area contributed by atoms with E-state index in [0.29, 0.717) is 6.61 Å². The van der Waals surface area contributed by atoms with Crippen LogP contribution in [0.25, 0.3) is 0 Å². The first kappa shape index (κ1) is 18.0. The molecule has 2 heterocycles. The zero-order valence-corrected chi connectivity index (χ0v) is 15.1. The van der Waals surface area contributed by atoms with Crippen molar-refractivity contribution in [2.24, 2.45) is 0 Å². The Labute approximate surface area is 153 Å². The predicted octanol–water partition coefficient (Wildman–Crippen LogP) is 4.08. The maximum Gasteiger partial charge on any atom is 0.296 e. The van der Waals surface area contributed by atoms with Crippen molar-refractivity contribution in [1.82, 2.24) is 10.0 Å². The highest BCUT2D eigenvalue weighted by molar-refractivity contribution is 9.10. The lowest BCUT2D eigenvalue weighted by Gasteiger charge is -2.29. The summed E-state index contributed by atoms with van der Waals surface area (Å²) in [5.74, 6) is -0.702. The molecule has 1 aliphatic rings. The molecule has 0 bridgehead atoms. The van der Waals surface area contributed by atoms with Gasteiger partial charge in [0.25, 0.3) is 5.91 Å². The molecule has 25 heavy (non-hydrogen) atoms. The molecule has 1 fully saturated rings. The zero-order valence-electron chi connectivity index (χ0n) is 13.5. The van der Waals surface area contributed by atoms with E-state index in [1.165, 1.54) is 17.2 Å². The van der Waals surface area contributed by atoms with Crippen LogP contribution in [0.3, 0.4) is 0 Å². The van der Waals surface area contributed by atoms with Gasteiger partial charge in [-0.15, -0.1) is 0 Å². The van der Waals surface area contributed by atoms with Crippen molar-refractivity contribution in [2.75, 3.05) is 6.61 Å². The lowest BCUT2D eigenvalue weighted by atomic mass is 10.2. The number of nitrogens with zero attached hydrogens (tertiary/aromatic N) is 2. The molecule has 1 aromatic carbocycles. The van der Waals surface area contributed by atoms with E-state index < -0.39 is 6.29 Å². The maximum atomic E-state index is 13.1. The second-order valence-corrected chi connectivity index (χ2v) is 6.64. The van der Waals surface area contributed by atoms with Crippen LogP contribution in [0.1, 0.15) is 35.3 Å². The highest BCUT2D eigenvalue weighted by Gasteiger charge is 2.24. The summed E-state index contributed by atoms with van der Waals surface area (Å²) < 4.78 is 19.4. The number of carbonyl (C=O) groups is 1. The van der Waals surface area contributed by atoms with Gasteiger partial charge in [-0.2, -0.15) is 0 Å². The number of benzene rings is 1. The standard InChI is InChI=1S/C18H18BrFN2O3/c19-14-8-9-21-16(11-14)18(23)22(25-17-3-1-2-10-24-17)12-13-4-6-15(20)7-5-13/h4-9,11,17H,1-3,10,12H2. The Balaban J connectivity index is 1.79. The van der Waals surface area contributed by atoms with Crippen molar-refractivity contribution >= 4 is 21.8 Å². The molecule has 0 saturated carbocycles. The Bertz CT molecular complexity index is 721. The van der Waals surface area contributed by atoms with Crippen LogP contribution in [-0.2, 0) is 16.1 Å². The highest BCUT2D eigenvalue weighted by atomic mass is 79.9. The lowest BCUT2D eigenvalue weighted by Crippen LogP contribution is -2.37. The fourth-order valence-electron chi connectivity index (χ4n) is 2.50. The van der Waals surface area contributed by atoms with Gasteiger partial charge in [-0.25, -0.2) is 14.3 Å². The van der Waals surface area contributed by atoms with Gasteiger partial charge in [0.1, 0.15) is 11.5 Å². The second-order valence-electron chi connectivity index (χ2n) is 5.73. The van der Waals surface area contributed by atoms with E-state index in [4.69, 9.17) is 9.57 Å². The number of ether oxygens (including phenoxy) is 1. The van der Waals surface area contributed by atoms with Crippen LogP contribution in [0, 0.1) is 5.82 Å². The summed E-state index contributed by atoms with van der Waals surface area (Å²) in [6.07, 6.45) is 3.77. The van der Waals surface area contributed by atoms with E-state index in [9.17, 15) is 9.18 Å². The summed E-state index contributed by atoms with van der Waals surface area (Å²) in [5.41, 5.74) is 1.01. The molecular weight excluding hydrogens is 391 g/mol. The molecule has 3 rings (SSSR count). The smallest absolute Gasteiger partial charge is 0.296 e. The van der Waals surface area contributed by atoms with Crippen molar-refractivity contribution in [3.8, 4) is 0 Å². The van der Waals surface area contributed by atoms with Crippen LogP contribution in [-0.4, -0.2) is 28.9 Å². The first-order valence-electron chi connectivity index (χ1n) is 8.08. The summed E-state index contributed by atoms with van der Waals surface area (Å²) in [4.78, 5) is 22.7. The average molecular weight is 409 g/mol. The second kappa shape index (κ2) is 8.51. The van der Waals surface area contributed by atoms with Crippen molar-refractivity contribution in [3.63, 3.8) is 0 Å². The van der Waals surface area contributed by atoms with E-state index in [2.05, 4.69) is 20.9 Å². The van der Waals surface area contributed by atoms with Crippen molar-refractivity contribution in [3.05, 3.63) is 64.1 Å². The number of hydroxylamine groups is 2. The van der Waals surface area contributed by atoms with E-state index in [1.54, 1.807) is 30.5 Å². The Morgan fingerprint density at radius 2 is 2.12 bits per heavy atom. The fourth-order valence-corrected chi connectivity index (χ4v) is 2.83. The monoisotopic (exact) mass is 408 g/mol. The first-order valence-corrected chi connectivity index (χ1v) is 8.87. The van der Waals surface area contributed by atoms with E-state index >= 15 is 0 Å². The molecule has 132 valence electrons. The third-order valence-corrected chi connectivity index (χ3v) is 4.28. The maximum absolute atomic E-state index is 13.1. The molecule has 0 N–H and O–H groups in total. The first-order chi connectivity index (χ1) is 12.1. The molecule has 1 amide bonds. The Hall–Kier alpha value is -1.83. The number of aromatic nitrogens is 1. The van der Waals surface area contributed by atoms with Gasteiger partial charge in [-0.05, 0) is 42.7 Å². The number of hydrogen-bond acceptors (Lipinski definition) is 4. The Morgan fingerprint density at radius 1 is 1.32 bits per heavy atom. The molecule has 1 atom stereocenters. The fraction of sp³-hybridized carbons (Fsp3) is 0.333. The molecule has 1 saturated heterocycles. The zero-order chi connectivity index (χ0) is 17.6. The van der Waals surface area contributed by atoms with Gasteiger partial charge in [0.05, 0.1) is 6.54 Å². The summed E-state index contributed by atoms with van der Waals surface area (Å²) in [5, 5.41) is 1.23. The summed E-state index contributed by atoms with van der Waals surface area (Å²) in [7, 11) is 0. The summed E-state index contributed by atoms with van der Waals surface area (Å²) in [6, 6.07) is 9.32. The van der Waals surface area contributed by atoms with Gasteiger partial charge < -0.3 is 4.74 Å². The van der Waals surface area contributed by atoms with Gasteiger partial charge in [0, 0.05) is 23.7 Å². The molecule has 5 nitrogen and oxygen atoms in total. The van der Waals surface area contributed by atoms with Crippen LogP contribution < -0.4 is 0 Å². The molecule has 1 unspecified atom stereocenters. The average Bonchev–Trinajstić information content (AvgIpc) is 2.63. The normalized spacial score (nSPS) is 17.3. The van der Waals surface area contributed by atoms with Gasteiger partial charge in [0.15, 0.2) is 6.29 Å². The lowest BCUT2D eigenvalue weighted by molar-refractivity contribution is -0.270. The number of carbonyl (C=O) groups excluding carboxylic acids is 1. The van der Waals surface area contributed by atoms with Gasteiger partial charge in [-0.1, -0.05) is 28.1 Å². The highest BCUT2D eigenvalue weighted by Crippen LogP contribution is 2.19. The van der Waals surface area contributed by atoms with Gasteiger partial charge in [-0.3, -0.25) is 9.78 Å². The molecule has 0 spiro atoms. The van der Waals surface area contributed by atoms with Gasteiger partial charge in [0.2, 0.25) is 0 Å². The minimum absolute atomic E-state index is 0.174. The number of halogens is 2. The van der Waals surface area contributed by atoms with Crippen molar-refractivity contribution in [2.45, 2.75) is 32.1 Å². The molecule has 7 heteroatoms. The van der Waals surface area contributed by atoms with Crippen molar-refractivity contribution in [1.29, 1.82) is 0 Å². The van der Waals surface area contributed by atoms with E-state index in [0.717, 1.165) is 29.3 Å². The van der Waals surface area contributed by atoms with Crippen LogP contribution in [0.4, 0.5) is 4.39 Å². The number of amides is 1. The number of rotatable bonds is 5. The molecule has 0 aliphatic carbocycles. The van der Waals surface area contributed by atoms with Crippen molar-refractivity contribution < 1.29 is 18.8 Å². The largest absolute Gasteiger partial charge is 0.350 e. The molecule has 2 aromatic rings. The Morgan fingerprint density at radius 3 is 2.80 bits per heavy atom. The van der Waals surface area contributed by atoms with Crippen LogP contribution in [0.15, 0.2) is 47.1 Å². The molecular formula is C18H18BrFN2O3. The topological polar surface area (TPSA) is 51.7 Å². The minimum Gasteiger partial charge on any atom is -0.350 e. The molecule has 1 aromatic heterocycles. The third-order valence-electron chi connectivity index (χ3n) is 3.79. The van der Waals surface area contributed by atoms with Crippen LogP contribution in [0.2, 0.25) is 0 Å². The minimum atomic E-state index is -0.467. The molecule has 1 aliphatic heterocycles. The van der Waals surface area contributed by atoms with E-state index in [1.807, 2.05) is 0 Å². The summed E-state index contributed by atoms with van der Waals surface area (Å²) >= 11 is 3.33.